The maximum Gasteiger partial charge on any atom is 0.220 e. The van der Waals surface area contributed by atoms with Crippen LogP contribution in [0.3, 0.4) is 0 Å². The number of carbonyl (C=O) groups excluding carboxylic acids is 1. The Labute approximate surface area is 497 Å². The van der Waals surface area contributed by atoms with E-state index in [9.17, 15) is 15.0 Å². The lowest BCUT2D eigenvalue weighted by Crippen LogP contribution is -2.45. The van der Waals surface area contributed by atoms with Gasteiger partial charge in [-0.2, -0.15) is 0 Å². The third kappa shape index (κ3) is 67.3. The highest BCUT2D eigenvalue weighted by Gasteiger charge is 2.18. The number of amides is 1. The summed E-state index contributed by atoms with van der Waals surface area (Å²) in [7, 11) is 0. The van der Waals surface area contributed by atoms with E-state index in [0.29, 0.717) is 6.42 Å². The van der Waals surface area contributed by atoms with Gasteiger partial charge >= 0.3 is 0 Å². The van der Waals surface area contributed by atoms with Crippen molar-refractivity contribution in [2.45, 2.75) is 431 Å². The molecule has 0 rings (SSSR count). The van der Waals surface area contributed by atoms with Gasteiger partial charge in [-0.25, -0.2) is 0 Å². The molecule has 4 heteroatoms. The first-order valence-electron chi connectivity index (χ1n) is 36.7. The van der Waals surface area contributed by atoms with Crippen LogP contribution < -0.4 is 5.32 Å². The van der Waals surface area contributed by atoms with Crippen molar-refractivity contribution in [3.05, 3.63) is 36.5 Å². The van der Waals surface area contributed by atoms with Gasteiger partial charge in [0.05, 0.1) is 18.8 Å². The van der Waals surface area contributed by atoms with E-state index in [1.807, 2.05) is 6.08 Å². The lowest BCUT2D eigenvalue weighted by Gasteiger charge is -2.20. The molecule has 0 heterocycles. The number of nitrogens with one attached hydrogen (secondary N) is 1. The molecule has 0 aliphatic carbocycles. The van der Waals surface area contributed by atoms with Crippen LogP contribution in [-0.4, -0.2) is 34.9 Å². The van der Waals surface area contributed by atoms with E-state index in [4.69, 9.17) is 0 Å². The van der Waals surface area contributed by atoms with Crippen molar-refractivity contribution < 1.29 is 15.0 Å². The number of aliphatic hydroxyl groups is 2. The van der Waals surface area contributed by atoms with Crippen LogP contribution >= 0.6 is 0 Å². The summed E-state index contributed by atoms with van der Waals surface area (Å²) < 4.78 is 0. The third-order valence-corrected chi connectivity index (χ3v) is 17.4. The average Bonchev–Trinajstić information content (AvgIpc) is 3.45. The monoisotopic (exact) mass is 1110 g/mol. The molecule has 0 spiro atoms. The maximum atomic E-state index is 12.6. The zero-order valence-corrected chi connectivity index (χ0v) is 54.2. The number of hydrogen-bond acceptors (Lipinski definition) is 3. The van der Waals surface area contributed by atoms with E-state index < -0.39 is 12.1 Å². The molecular formula is C75H145NO3. The van der Waals surface area contributed by atoms with Crippen molar-refractivity contribution in [3.8, 4) is 0 Å². The molecule has 0 aromatic heterocycles. The fraction of sp³-hybridized carbons (Fsp3) is 0.907. The van der Waals surface area contributed by atoms with Crippen LogP contribution in [0.15, 0.2) is 36.5 Å². The SMILES string of the molecule is CCCCCCC/C=C\C/C=C\CCCCCCCCCCCCCCCCCCCCCCCCCCCCCC(=O)NC(CO)C(O)/C=C/CCCCCCCCCCCCCCCCCCCCCCCCCCCC. The van der Waals surface area contributed by atoms with Gasteiger partial charge in [0.2, 0.25) is 5.91 Å². The van der Waals surface area contributed by atoms with Crippen LogP contribution in [0.4, 0.5) is 0 Å². The Morgan fingerprint density at radius 1 is 0.304 bits per heavy atom. The molecule has 1 amide bonds. The lowest BCUT2D eigenvalue weighted by molar-refractivity contribution is -0.123. The van der Waals surface area contributed by atoms with Crippen molar-refractivity contribution in [1.82, 2.24) is 5.32 Å². The molecule has 79 heavy (non-hydrogen) atoms. The van der Waals surface area contributed by atoms with Crippen LogP contribution in [0.25, 0.3) is 0 Å². The predicted octanol–water partition coefficient (Wildman–Crippen LogP) is 25.1. The van der Waals surface area contributed by atoms with Crippen LogP contribution in [0.2, 0.25) is 0 Å². The largest absolute Gasteiger partial charge is 0.394 e. The molecule has 0 bridgehead atoms. The zero-order valence-electron chi connectivity index (χ0n) is 54.2. The van der Waals surface area contributed by atoms with Crippen molar-refractivity contribution in [3.63, 3.8) is 0 Å². The molecule has 2 atom stereocenters. The first-order chi connectivity index (χ1) is 39.2. The standard InChI is InChI=1S/C75H145NO3/c1-3-5-7-9-11-13-15-17-19-21-23-25-27-29-31-33-34-35-36-37-38-39-40-41-42-43-45-47-49-51-53-55-57-59-61-63-65-67-69-71-75(79)76-73(72-77)74(78)70-68-66-64-62-60-58-56-54-52-50-48-46-44-32-30-28-26-24-22-20-18-16-14-12-10-8-6-4-2/h15,17,21,23,68,70,73-74,77-78H,3-14,16,18-20,22,24-67,69,71-72H2,1-2H3,(H,76,79)/b17-15-,23-21-,70-68+. The van der Waals surface area contributed by atoms with Crippen LogP contribution in [-0.2, 0) is 4.79 Å². The van der Waals surface area contributed by atoms with E-state index in [2.05, 4.69) is 43.5 Å². The second-order valence-electron chi connectivity index (χ2n) is 25.4. The summed E-state index contributed by atoms with van der Waals surface area (Å²) in [5, 5.41) is 23.3. The number of hydrogen-bond donors (Lipinski definition) is 3. The molecule has 0 aromatic rings. The minimum atomic E-state index is -0.839. The molecule has 0 aromatic carbocycles. The van der Waals surface area contributed by atoms with Crippen molar-refractivity contribution in [1.29, 1.82) is 0 Å². The topological polar surface area (TPSA) is 69.6 Å². The van der Waals surface area contributed by atoms with E-state index >= 15 is 0 Å². The smallest absolute Gasteiger partial charge is 0.220 e. The molecule has 0 saturated carbocycles. The molecule has 0 saturated heterocycles. The van der Waals surface area contributed by atoms with Gasteiger partial charge in [-0.1, -0.05) is 397 Å². The molecule has 468 valence electrons. The number of unbranched alkanes of at least 4 members (excludes halogenated alkanes) is 58. The molecular weight excluding hydrogens is 963 g/mol. The quantitative estimate of drug-likeness (QED) is 0.0420. The Kier molecular flexibility index (Phi) is 69.6. The number of rotatable bonds is 69. The van der Waals surface area contributed by atoms with Crippen molar-refractivity contribution >= 4 is 5.91 Å². The Bertz CT molecular complexity index is 1210. The molecule has 4 nitrogen and oxygen atoms in total. The summed E-state index contributed by atoms with van der Waals surface area (Å²) in [6.45, 7) is 4.35. The number of aliphatic hydroxyl groups excluding tert-OH is 2. The highest BCUT2D eigenvalue weighted by Crippen LogP contribution is 2.20. The minimum absolute atomic E-state index is 0.0542. The molecule has 0 aliphatic heterocycles. The van der Waals surface area contributed by atoms with Gasteiger partial charge in [0.25, 0.3) is 0 Å². The van der Waals surface area contributed by atoms with E-state index in [1.165, 1.54) is 366 Å². The number of allylic oxidation sites excluding steroid dienone is 5. The molecule has 2 unspecified atom stereocenters. The fourth-order valence-electron chi connectivity index (χ4n) is 11.8. The fourth-order valence-corrected chi connectivity index (χ4v) is 11.8. The summed E-state index contributed by atoms with van der Waals surface area (Å²) in [6.07, 6.45) is 98.3. The van der Waals surface area contributed by atoms with E-state index in [1.54, 1.807) is 6.08 Å². The van der Waals surface area contributed by atoms with Gasteiger partial charge in [-0.05, 0) is 51.4 Å². The summed E-state index contributed by atoms with van der Waals surface area (Å²) in [6, 6.07) is -0.622. The molecule has 0 fully saturated rings. The van der Waals surface area contributed by atoms with Gasteiger partial charge in [-0.3, -0.25) is 4.79 Å². The Morgan fingerprint density at radius 3 is 0.759 bits per heavy atom. The Morgan fingerprint density at radius 2 is 0.519 bits per heavy atom. The first-order valence-corrected chi connectivity index (χ1v) is 36.7. The highest BCUT2D eigenvalue weighted by atomic mass is 16.3. The van der Waals surface area contributed by atoms with Crippen LogP contribution in [0, 0.1) is 0 Å². The van der Waals surface area contributed by atoms with Crippen LogP contribution in [0.1, 0.15) is 418 Å². The summed E-state index contributed by atoms with van der Waals surface area (Å²) >= 11 is 0. The molecule has 0 aliphatic rings. The molecule has 3 N–H and O–H groups in total. The highest BCUT2D eigenvalue weighted by molar-refractivity contribution is 5.76. The lowest BCUT2D eigenvalue weighted by atomic mass is 10.0. The normalized spacial score (nSPS) is 12.8. The molecule has 0 radical (unpaired) electrons. The second-order valence-corrected chi connectivity index (χ2v) is 25.4. The van der Waals surface area contributed by atoms with Crippen LogP contribution in [0.5, 0.6) is 0 Å². The van der Waals surface area contributed by atoms with Gasteiger partial charge in [0.15, 0.2) is 0 Å². The van der Waals surface area contributed by atoms with Crippen molar-refractivity contribution in [2.75, 3.05) is 6.61 Å². The van der Waals surface area contributed by atoms with Crippen molar-refractivity contribution in [2.24, 2.45) is 0 Å². The van der Waals surface area contributed by atoms with Gasteiger partial charge in [0.1, 0.15) is 0 Å². The van der Waals surface area contributed by atoms with E-state index in [0.717, 1.165) is 32.1 Å². The second kappa shape index (κ2) is 70.9. The van der Waals surface area contributed by atoms with E-state index in [-0.39, 0.29) is 12.5 Å². The first kappa shape index (κ1) is 77.6. The zero-order chi connectivity index (χ0) is 56.9. The van der Waals surface area contributed by atoms with Gasteiger partial charge in [-0.15, -0.1) is 0 Å². The summed E-state index contributed by atoms with van der Waals surface area (Å²) in [5.41, 5.74) is 0. The minimum Gasteiger partial charge on any atom is -0.394 e. The Balaban J connectivity index is 3.39. The summed E-state index contributed by atoms with van der Waals surface area (Å²) in [5.74, 6) is -0.0542. The average molecular weight is 1110 g/mol. The maximum absolute atomic E-state index is 12.6. The number of carbonyl (C=O) groups is 1. The van der Waals surface area contributed by atoms with Gasteiger partial charge in [0, 0.05) is 6.42 Å². The Hall–Kier alpha value is -1.39. The van der Waals surface area contributed by atoms with Gasteiger partial charge < -0.3 is 15.5 Å². The third-order valence-electron chi connectivity index (χ3n) is 17.4. The predicted molar refractivity (Wildman–Crippen MR) is 355 cm³/mol. The summed E-state index contributed by atoms with van der Waals surface area (Å²) in [4.78, 5) is 12.6.